The molecule has 1 amide bonds. The van der Waals surface area contributed by atoms with Crippen LogP contribution in [-0.2, 0) is 4.79 Å². The van der Waals surface area contributed by atoms with E-state index < -0.39 is 6.10 Å². The molecule has 1 heterocycles. The van der Waals surface area contributed by atoms with E-state index in [0.717, 1.165) is 25.1 Å². The van der Waals surface area contributed by atoms with E-state index in [0.29, 0.717) is 5.75 Å². The third-order valence-electron chi connectivity index (χ3n) is 4.72. The first-order valence-corrected chi connectivity index (χ1v) is 8.76. The molecule has 4 nitrogen and oxygen atoms in total. The van der Waals surface area contributed by atoms with E-state index in [1.165, 1.54) is 11.1 Å². The van der Waals surface area contributed by atoms with Crippen LogP contribution in [0.25, 0.3) is 0 Å². The molecule has 25 heavy (non-hydrogen) atoms. The maximum absolute atomic E-state index is 12.9. The Labute approximate surface area is 149 Å². The van der Waals surface area contributed by atoms with E-state index in [2.05, 4.69) is 31.2 Å². The van der Waals surface area contributed by atoms with Gasteiger partial charge in [-0.3, -0.25) is 4.79 Å². The van der Waals surface area contributed by atoms with Crippen LogP contribution in [0.1, 0.15) is 36.9 Å². The summed E-state index contributed by atoms with van der Waals surface area (Å²) in [7, 11) is 1.63. The molecule has 4 heteroatoms. The molecule has 0 spiro atoms. The van der Waals surface area contributed by atoms with Gasteiger partial charge in [0.25, 0.3) is 5.91 Å². The molecule has 0 bridgehead atoms. The van der Waals surface area contributed by atoms with Crippen molar-refractivity contribution in [1.29, 1.82) is 0 Å². The number of methoxy groups -OCH3 is 1. The molecule has 2 aromatic carbocycles. The zero-order valence-corrected chi connectivity index (χ0v) is 15.1. The lowest BCUT2D eigenvalue weighted by Crippen LogP contribution is -2.40. The molecule has 0 aromatic heterocycles. The van der Waals surface area contributed by atoms with Gasteiger partial charge in [-0.25, -0.2) is 0 Å². The molecule has 132 valence electrons. The van der Waals surface area contributed by atoms with Crippen molar-refractivity contribution in [3.63, 3.8) is 0 Å². The molecule has 2 atom stereocenters. The normalized spacial score (nSPS) is 18.0. The van der Waals surface area contributed by atoms with Crippen LogP contribution in [0.2, 0.25) is 0 Å². The number of benzene rings is 2. The highest BCUT2D eigenvalue weighted by Gasteiger charge is 2.33. The smallest absolute Gasteiger partial charge is 0.263 e. The number of hydrogen-bond acceptors (Lipinski definition) is 3. The molecule has 1 fully saturated rings. The van der Waals surface area contributed by atoms with Crippen molar-refractivity contribution < 1.29 is 14.3 Å². The summed E-state index contributed by atoms with van der Waals surface area (Å²) in [6.45, 7) is 4.68. The van der Waals surface area contributed by atoms with E-state index >= 15 is 0 Å². The van der Waals surface area contributed by atoms with Crippen molar-refractivity contribution in [2.24, 2.45) is 0 Å². The van der Waals surface area contributed by atoms with Gasteiger partial charge < -0.3 is 14.4 Å². The van der Waals surface area contributed by atoms with Crippen LogP contribution in [-0.4, -0.2) is 30.6 Å². The van der Waals surface area contributed by atoms with Crippen molar-refractivity contribution in [1.82, 2.24) is 4.90 Å². The monoisotopic (exact) mass is 339 g/mol. The van der Waals surface area contributed by atoms with Gasteiger partial charge in [0.1, 0.15) is 11.5 Å². The average molecular weight is 339 g/mol. The zero-order chi connectivity index (χ0) is 17.8. The Morgan fingerprint density at radius 2 is 1.72 bits per heavy atom. The highest BCUT2D eigenvalue weighted by atomic mass is 16.5. The van der Waals surface area contributed by atoms with Crippen LogP contribution in [0.3, 0.4) is 0 Å². The standard InChI is InChI=1S/C21H25NO3/c1-15-6-8-17(9-7-15)20-5-4-14-22(20)21(23)16(2)25-19-12-10-18(24-3)11-13-19/h6-13,16,20H,4-5,14H2,1-3H3. The highest BCUT2D eigenvalue weighted by molar-refractivity contribution is 5.81. The van der Waals surface area contributed by atoms with E-state index in [4.69, 9.17) is 9.47 Å². The van der Waals surface area contributed by atoms with Gasteiger partial charge in [0.15, 0.2) is 6.10 Å². The van der Waals surface area contributed by atoms with Crippen LogP contribution < -0.4 is 9.47 Å². The average Bonchev–Trinajstić information content (AvgIpc) is 3.12. The van der Waals surface area contributed by atoms with Gasteiger partial charge in [-0.1, -0.05) is 29.8 Å². The van der Waals surface area contributed by atoms with Crippen LogP contribution in [0, 0.1) is 6.92 Å². The molecular weight excluding hydrogens is 314 g/mol. The number of carbonyl (C=O) groups is 1. The second kappa shape index (κ2) is 7.60. The predicted octanol–water partition coefficient (Wildman–Crippen LogP) is 4.13. The van der Waals surface area contributed by atoms with Gasteiger partial charge in [0.2, 0.25) is 0 Å². The Kier molecular flexibility index (Phi) is 5.27. The Morgan fingerprint density at radius 1 is 1.08 bits per heavy atom. The van der Waals surface area contributed by atoms with Gasteiger partial charge in [-0.05, 0) is 56.5 Å². The number of ether oxygens (including phenoxy) is 2. The topological polar surface area (TPSA) is 38.8 Å². The van der Waals surface area contributed by atoms with Crippen molar-refractivity contribution in [3.05, 3.63) is 59.7 Å². The minimum atomic E-state index is -0.514. The predicted molar refractivity (Wildman–Crippen MR) is 98.0 cm³/mol. The number of hydrogen-bond donors (Lipinski definition) is 0. The maximum atomic E-state index is 12.9. The summed E-state index contributed by atoms with van der Waals surface area (Å²) in [6, 6.07) is 15.9. The number of carbonyl (C=O) groups excluding carboxylic acids is 1. The number of nitrogens with zero attached hydrogens (tertiary/aromatic N) is 1. The third-order valence-corrected chi connectivity index (χ3v) is 4.72. The Balaban J connectivity index is 1.68. The lowest BCUT2D eigenvalue weighted by Gasteiger charge is -2.28. The minimum absolute atomic E-state index is 0.0406. The number of likely N-dealkylation sites (tertiary alicyclic amines) is 1. The second-order valence-electron chi connectivity index (χ2n) is 6.54. The number of rotatable bonds is 5. The quantitative estimate of drug-likeness (QED) is 0.822. The fraction of sp³-hybridized carbons (Fsp3) is 0.381. The molecule has 1 aliphatic rings. The van der Waals surface area contributed by atoms with Crippen molar-refractivity contribution >= 4 is 5.91 Å². The van der Waals surface area contributed by atoms with Crippen LogP contribution in [0.15, 0.2) is 48.5 Å². The molecule has 0 radical (unpaired) electrons. The van der Waals surface area contributed by atoms with Gasteiger partial charge >= 0.3 is 0 Å². The number of amides is 1. The summed E-state index contributed by atoms with van der Waals surface area (Å²) in [5.74, 6) is 1.48. The summed E-state index contributed by atoms with van der Waals surface area (Å²) < 4.78 is 11.0. The SMILES string of the molecule is COc1ccc(OC(C)C(=O)N2CCCC2c2ccc(C)cc2)cc1. The lowest BCUT2D eigenvalue weighted by molar-refractivity contribution is -0.138. The largest absolute Gasteiger partial charge is 0.497 e. The van der Waals surface area contributed by atoms with E-state index in [1.807, 2.05) is 36.1 Å². The number of aryl methyl sites for hydroxylation is 1. The molecule has 3 rings (SSSR count). The Morgan fingerprint density at radius 3 is 2.36 bits per heavy atom. The molecule has 2 unspecified atom stereocenters. The van der Waals surface area contributed by atoms with Gasteiger partial charge in [0, 0.05) is 6.54 Å². The van der Waals surface area contributed by atoms with Crippen molar-refractivity contribution in [2.75, 3.05) is 13.7 Å². The molecule has 1 aliphatic heterocycles. The highest BCUT2D eigenvalue weighted by Crippen LogP contribution is 2.33. The van der Waals surface area contributed by atoms with E-state index in [-0.39, 0.29) is 11.9 Å². The maximum Gasteiger partial charge on any atom is 0.263 e. The Bertz CT molecular complexity index is 709. The fourth-order valence-corrected chi connectivity index (χ4v) is 3.31. The first-order valence-electron chi connectivity index (χ1n) is 8.76. The minimum Gasteiger partial charge on any atom is -0.497 e. The molecular formula is C21H25NO3. The van der Waals surface area contributed by atoms with Crippen molar-refractivity contribution in [2.45, 2.75) is 38.8 Å². The van der Waals surface area contributed by atoms with Crippen molar-refractivity contribution in [3.8, 4) is 11.5 Å². The second-order valence-corrected chi connectivity index (χ2v) is 6.54. The summed E-state index contributed by atoms with van der Waals surface area (Å²) >= 11 is 0. The summed E-state index contributed by atoms with van der Waals surface area (Å²) in [5.41, 5.74) is 2.43. The molecule has 2 aromatic rings. The summed E-state index contributed by atoms with van der Waals surface area (Å²) in [5, 5.41) is 0. The zero-order valence-electron chi connectivity index (χ0n) is 15.1. The summed E-state index contributed by atoms with van der Waals surface area (Å²) in [4.78, 5) is 14.9. The lowest BCUT2D eigenvalue weighted by atomic mass is 10.0. The molecule has 0 aliphatic carbocycles. The first-order chi connectivity index (χ1) is 12.1. The van der Waals surface area contributed by atoms with E-state index in [9.17, 15) is 4.79 Å². The van der Waals surface area contributed by atoms with Crippen LogP contribution >= 0.6 is 0 Å². The summed E-state index contributed by atoms with van der Waals surface area (Å²) in [6.07, 6.45) is 1.52. The van der Waals surface area contributed by atoms with Crippen LogP contribution in [0.5, 0.6) is 11.5 Å². The first kappa shape index (κ1) is 17.3. The fourth-order valence-electron chi connectivity index (χ4n) is 3.31. The molecule has 0 saturated carbocycles. The van der Waals surface area contributed by atoms with Gasteiger partial charge in [0.05, 0.1) is 13.2 Å². The molecule has 0 N–H and O–H groups in total. The van der Waals surface area contributed by atoms with Crippen LogP contribution in [0.4, 0.5) is 0 Å². The third kappa shape index (κ3) is 3.95. The molecule has 1 saturated heterocycles. The van der Waals surface area contributed by atoms with Gasteiger partial charge in [-0.2, -0.15) is 0 Å². The Hall–Kier alpha value is -2.49. The van der Waals surface area contributed by atoms with E-state index in [1.54, 1.807) is 7.11 Å². The van der Waals surface area contributed by atoms with Gasteiger partial charge in [-0.15, -0.1) is 0 Å².